The Morgan fingerprint density at radius 2 is 0.746 bits per heavy atom. The molecule has 276 valence electrons. The van der Waals surface area contributed by atoms with Gasteiger partial charge in [-0.25, -0.2) is 15.0 Å². The molecule has 0 bridgehead atoms. The molecule has 1 aromatic heterocycles. The van der Waals surface area contributed by atoms with Crippen LogP contribution < -0.4 is 0 Å². The maximum absolute atomic E-state index is 5.54. The van der Waals surface area contributed by atoms with Gasteiger partial charge in [0.1, 0.15) is 0 Å². The van der Waals surface area contributed by atoms with Gasteiger partial charge in [0, 0.05) is 27.7 Å². The fourth-order valence-electron chi connectivity index (χ4n) is 10.0. The van der Waals surface area contributed by atoms with Crippen LogP contribution in [0.5, 0.6) is 0 Å². The van der Waals surface area contributed by atoms with E-state index < -0.39 is 0 Å². The molecule has 1 heterocycles. The molecule has 0 N–H and O–H groups in total. The number of nitrogens with zero attached hydrogens (tertiary/aromatic N) is 3. The summed E-state index contributed by atoms with van der Waals surface area (Å²) in [7, 11) is 0. The molecule has 3 nitrogen and oxygen atoms in total. The third-order valence-corrected chi connectivity index (χ3v) is 12.7. The molecular formula is C56H37N3. The molecule has 12 rings (SSSR count). The van der Waals surface area contributed by atoms with E-state index in [2.05, 4.69) is 202 Å². The largest absolute Gasteiger partial charge is 0.208 e. The Morgan fingerprint density at radius 3 is 1.36 bits per heavy atom. The SMILES string of the molecule is CC1(C)c2ccccc2-c2cccc(-c3c(-c4nc(-c5cc6ccccc6c6ccccc56)nc(-c5cc6ccccc6c6ccccc56)n4)ccc4ccccc34)c21. The second kappa shape index (κ2) is 12.8. The van der Waals surface area contributed by atoms with Crippen molar-refractivity contribution in [1.29, 1.82) is 0 Å². The van der Waals surface area contributed by atoms with Crippen LogP contribution in [0.1, 0.15) is 25.0 Å². The minimum Gasteiger partial charge on any atom is -0.208 e. The van der Waals surface area contributed by atoms with Crippen LogP contribution in [0.15, 0.2) is 188 Å². The predicted molar refractivity (Wildman–Crippen MR) is 247 cm³/mol. The fraction of sp³-hybridized carbons (Fsp3) is 0.0536. The van der Waals surface area contributed by atoms with Crippen LogP contribution in [-0.2, 0) is 5.41 Å². The second-order valence-electron chi connectivity index (χ2n) is 16.3. The van der Waals surface area contributed by atoms with E-state index in [1.165, 1.54) is 60.1 Å². The standard InChI is InChI=1S/C56H37N3/c1-56(2)50-29-14-13-26-44(50)45-27-15-28-46(52(45)56)51-39-21-8-3-16-34(39)30-31-47(51)53-57-54(48-32-35-17-4-6-19-37(35)40-22-9-11-24-42(40)48)59-55(58-53)49-33-36-18-5-7-20-38(36)41-23-10-12-25-43(41)49/h3-33H,1-2H3. The van der Waals surface area contributed by atoms with E-state index in [9.17, 15) is 0 Å². The third-order valence-electron chi connectivity index (χ3n) is 12.7. The third kappa shape index (κ3) is 5.04. The zero-order chi connectivity index (χ0) is 39.2. The van der Waals surface area contributed by atoms with E-state index in [1.54, 1.807) is 0 Å². The lowest BCUT2D eigenvalue weighted by Crippen LogP contribution is -2.16. The minimum absolute atomic E-state index is 0.222. The Kier molecular flexibility index (Phi) is 7.27. The van der Waals surface area contributed by atoms with Crippen LogP contribution in [0.25, 0.3) is 110 Å². The summed E-state index contributed by atoms with van der Waals surface area (Å²) in [6.45, 7) is 4.72. The normalized spacial score (nSPS) is 13.1. The van der Waals surface area contributed by atoms with Gasteiger partial charge < -0.3 is 0 Å². The van der Waals surface area contributed by atoms with Gasteiger partial charge in [-0.3, -0.25) is 0 Å². The molecule has 0 fully saturated rings. The molecule has 11 aromatic rings. The number of aromatic nitrogens is 3. The first kappa shape index (κ1) is 33.6. The molecule has 3 heteroatoms. The zero-order valence-electron chi connectivity index (χ0n) is 32.7. The van der Waals surface area contributed by atoms with Gasteiger partial charge in [-0.2, -0.15) is 0 Å². The lowest BCUT2D eigenvalue weighted by Gasteiger charge is -2.26. The zero-order valence-corrected chi connectivity index (χ0v) is 32.7. The highest BCUT2D eigenvalue weighted by Gasteiger charge is 2.38. The molecule has 0 atom stereocenters. The van der Waals surface area contributed by atoms with Crippen molar-refractivity contribution >= 4 is 53.9 Å². The van der Waals surface area contributed by atoms with Gasteiger partial charge in [-0.05, 0) is 99.9 Å². The lowest BCUT2D eigenvalue weighted by molar-refractivity contribution is 0.662. The first-order valence-electron chi connectivity index (χ1n) is 20.4. The topological polar surface area (TPSA) is 38.7 Å². The summed E-state index contributed by atoms with van der Waals surface area (Å²) in [6, 6.07) is 67.8. The number of fused-ring (bicyclic) bond motifs is 10. The number of hydrogen-bond donors (Lipinski definition) is 0. The molecule has 1 aliphatic carbocycles. The summed E-state index contributed by atoms with van der Waals surface area (Å²) >= 11 is 0. The molecular weight excluding hydrogens is 715 g/mol. The molecule has 0 aliphatic heterocycles. The molecule has 0 spiro atoms. The monoisotopic (exact) mass is 751 g/mol. The van der Waals surface area contributed by atoms with Gasteiger partial charge in [0.2, 0.25) is 0 Å². The molecule has 0 unspecified atom stereocenters. The van der Waals surface area contributed by atoms with Gasteiger partial charge >= 0.3 is 0 Å². The highest BCUT2D eigenvalue weighted by atomic mass is 15.0. The average Bonchev–Trinajstić information content (AvgIpc) is 3.54. The Bertz CT molecular complexity index is 3410. The molecule has 0 saturated carbocycles. The molecule has 1 aliphatic rings. The Balaban J connectivity index is 1.21. The van der Waals surface area contributed by atoms with Gasteiger partial charge in [-0.1, -0.05) is 184 Å². The van der Waals surface area contributed by atoms with Gasteiger partial charge in [0.25, 0.3) is 0 Å². The van der Waals surface area contributed by atoms with E-state index in [0.29, 0.717) is 17.5 Å². The maximum Gasteiger partial charge on any atom is 0.164 e. The van der Waals surface area contributed by atoms with E-state index in [4.69, 9.17) is 15.0 Å². The first-order chi connectivity index (χ1) is 29.0. The molecule has 0 amide bonds. The van der Waals surface area contributed by atoms with Crippen molar-refractivity contribution in [3.8, 4) is 56.4 Å². The minimum atomic E-state index is -0.222. The van der Waals surface area contributed by atoms with Crippen molar-refractivity contribution in [2.24, 2.45) is 0 Å². The summed E-state index contributed by atoms with van der Waals surface area (Å²) in [5.41, 5.74) is 10.3. The Labute approximate surface area is 342 Å². The Hall–Kier alpha value is -7.49. The van der Waals surface area contributed by atoms with Crippen molar-refractivity contribution in [2.75, 3.05) is 0 Å². The van der Waals surface area contributed by atoms with Crippen molar-refractivity contribution in [3.05, 3.63) is 199 Å². The molecule has 0 radical (unpaired) electrons. The van der Waals surface area contributed by atoms with E-state index >= 15 is 0 Å². The van der Waals surface area contributed by atoms with E-state index in [0.717, 1.165) is 43.8 Å². The Morgan fingerprint density at radius 1 is 0.305 bits per heavy atom. The first-order valence-corrected chi connectivity index (χ1v) is 20.4. The summed E-state index contributed by atoms with van der Waals surface area (Å²) < 4.78 is 0. The number of hydrogen-bond acceptors (Lipinski definition) is 3. The summed E-state index contributed by atoms with van der Waals surface area (Å²) in [5, 5.41) is 11.6. The highest BCUT2D eigenvalue weighted by molar-refractivity contribution is 6.15. The predicted octanol–water partition coefficient (Wildman–Crippen LogP) is 14.6. The van der Waals surface area contributed by atoms with Gasteiger partial charge in [0.15, 0.2) is 17.5 Å². The van der Waals surface area contributed by atoms with Crippen LogP contribution in [0.3, 0.4) is 0 Å². The molecule has 10 aromatic carbocycles. The smallest absolute Gasteiger partial charge is 0.164 e. The quantitative estimate of drug-likeness (QED) is 0.168. The van der Waals surface area contributed by atoms with Crippen LogP contribution in [-0.4, -0.2) is 15.0 Å². The fourth-order valence-corrected chi connectivity index (χ4v) is 10.0. The maximum atomic E-state index is 5.54. The summed E-state index contributed by atoms with van der Waals surface area (Å²) in [6.07, 6.45) is 0. The van der Waals surface area contributed by atoms with Crippen LogP contribution in [0.2, 0.25) is 0 Å². The molecule has 59 heavy (non-hydrogen) atoms. The highest BCUT2D eigenvalue weighted by Crippen LogP contribution is 2.54. The summed E-state index contributed by atoms with van der Waals surface area (Å²) in [4.78, 5) is 16.5. The summed E-state index contributed by atoms with van der Waals surface area (Å²) in [5.74, 6) is 1.94. The van der Waals surface area contributed by atoms with Gasteiger partial charge in [0.05, 0.1) is 0 Å². The van der Waals surface area contributed by atoms with E-state index in [1.807, 2.05) is 0 Å². The van der Waals surface area contributed by atoms with Crippen LogP contribution in [0.4, 0.5) is 0 Å². The average molecular weight is 752 g/mol. The van der Waals surface area contributed by atoms with Crippen LogP contribution >= 0.6 is 0 Å². The van der Waals surface area contributed by atoms with Gasteiger partial charge in [-0.15, -0.1) is 0 Å². The van der Waals surface area contributed by atoms with Crippen molar-refractivity contribution in [3.63, 3.8) is 0 Å². The second-order valence-corrected chi connectivity index (χ2v) is 16.3. The van der Waals surface area contributed by atoms with Crippen LogP contribution in [0, 0.1) is 0 Å². The van der Waals surface area contributed by atoms with E-state index in [-0.39, 0.29) is 5.41 Å². The molecule has 0 saturated heterocycles. The van der Waals surface area contributed by atoms with Crippen molar-refractivity contribution in [2.45, 2.75) is 19.3 Å². The van der Waals surface area contributed by atoms with Crippen molar-refractivity contribution < 1.29 is 0 Å². The van der Waals surface area contributed by atoms with Crippen molar-refractivity contribution in [1.82, 2.24) is 15.0 Å². The number of benzene rings is 10. The number of rotatable bonds is 4. The lowest BCUT2D eigenvalue weighted by atomic mass is 9.77.